The van der Waals surface area contributed by atoms with E-state index in [1.54, 1.807) is 6.33 Å². The maximum Gasteiger partial charge on any atom is 0.410 e. The molecule has 0 radical (unpaired) electrons. The minimum absolute atomic E-state index is 0.0195. The second kappa shape index (κ2) is 8.01. The highest BCUT2D eigenvalue weighted by Crippen LogP contribution is 2.46. The summed E-state index contributed by atoms with van der Waals surface area (Å²) in [7, 11) is 0. The van der Waals surface area contributed by atoms with E-state index in [0.717, 1.165) is 28.1 Å². The largest absolute Gasteiger partial charge is 0.444 e. The van der Waals surface area contributed by atoms with Gasteiger partial charge in [-0.25, -0.2) is 14.8 Å². The number of aromatic nitrogens is 4. The first-order valence-electron chi connectivity index (χ1n) is 11.7. The van der Waals surface area contributed by atoms with Crippen LogP contribution in [0.4, 0.5) is 10.6 Å². The highest BCUT2D eigenvalue weighted by Gasteiger charge is 2.34. The Bertz CT molecular complexity index is 1190. The fourth-order valence-corrected chi connectivity index (χ4v) is 4.63. The molecule has 1 aliphatic carbocycles. The van der Waals surface area contributed by atoms with Crippen LogP contribution in [-0.2, 0) is 4.74 Å². The van der Waals surface area contributed by atoms with Crippen LogP contribution in [0.15, 0.2) is 31.0 Å². The molecule has 1 atom stereocenters. The number of rotatable bonds is 3. The molecule has 4 heterocycles. The molecule has 8 nitrogen and oxygen atoms in total. The Morgan fingerprint density at radius 1 is 1.15 bits per heavy atom. The number of carbonyl (C=O) groups is 1. The normalized spacial score (nSPS) is 19.2. The summed E-state index contributed by atoms with van der Waals surface area (Å²) in [6.07, 6.45) is 9.76. The van der Waals surface area contributed by atoms with E-state index >= 15 is 0 Å². The third-order valence-electron chi connectivity index (χ3n) is 6.30. The van der Waals surface area contributed by atoms with Crippen molar-refractivity contribution >= 4 is 22.9 Å². The summed E-state index contributed by atoms with van der Waals surface area (Å²) >= 11 is 0. The molecule has 0 unspecified atom stereocenters. The summed E-state index contributed by atoms with van der Waals surface area (Å²) in [6.45, 7) is 11.8. The molecule has 33 heavy (non-hydrogen) atoms. The van der Waals surface area contributed by atoms with Gasteiger partial charge in [0.05, 0.1) is 17.3 Å². The van der Waals surface area contributed by atoms with E-state index in [0.29, 0.717) is 25.6 Å². The van der Waals surface area contributed by atoms with Crippen molar-refractivity contribution in [3.8, 4) is 5.69 Å². The van der Waals surface area contributed by atoms with Gasteiger partial charge in [0.1, 0.15) is 23.4 Å². The number of aryl methyl sites for hydroxylation is 1. The van der Waals surface area contributed by atoms with E-state index in [1.807, 2.05) is 38.1 Å². The third-order valence-corrected chi connectivity index (χ3v) is 6.30. The van der Waals surface area contributed by atoms with Gasteiger partial charge in [0.2, 0.25) is 0 Å². The average Bonchev–Trinajstić information content (AvgIpc) is 3.52. The molecule has 3 aromatic heterocycles. The van der Waals surface area contributed by atoms with Gasteiger partial charge in [-0.1, -0.05) is 0 Å². The molecule has 0 bridgehead atoms. The maximum absolute atomic E-state index is 12.7. The smallest absolute Gasteiger partial charge is 0.410 e. The van der Waals surface area contributed by atoms with E-state index in [4.69, 9.17) is 9.72 Å². The lowest BCUT2D eigenvalue weighted by Gasteiger charge is -2.40. The maximum atomic E-state index is 12.7. The van der Waals surface area contributed by atoms with Crippen molar-refractivity contribution < 1.29 is 9.53 Å². The van der Waals surface area contributed by atoms with Gasteiger partial charge in [0, 0.05) is 38.1 Å². The van der Waals surface area contributed by atoms with Gasteiger partial charge in [-0.3, -0.25) is 9.55 Å². The lowest BCUT2D eigenvalue weighted by Crippen LogP contribution is -2.55. The van der Waals surface area contributed by atoms with Crippen LogP contribution in [0.3, 0.4) is 0 Å². The van der Waals surface area contributed by atoms with Crippen LogP contribution >= 0.6 is 0 Å². The number of hydrogen-bond acceptors (Lipinski definition) is 6. The van der Waals surface area contributed by atoms with Crippen molar-refractivity contribution in [1.29, 1.82) is 0 Å². The van der Waals surface area contributed by atoms with Crippen LogP contribution in [0, 0.1) is 6.92 Å². The molecule has 1 saturated heterocycles. The minimum atomic E-state index is -0.501. The zero-order chi connectivity index (χ0) is 23.3. The van der Waals surface area contributed by atoms with Crippen LogP contribution in [-0.4, -0.2) is 61.8 Å². The molecule has 3 aromatic rings. The Kier molecular flexibility index (Phi) is 5.26. The summed E-state index contributed by atoms with van der Waals surface area (Å²) in [6, 6.07) is 2.15. The van der Waals surface area contributed by atoms with Crippen molar-refractivity contribution in [2.24, 2.45) is 0 Å². The van der Waals surface area contributed by atoms with E-state index in [-0.39, 0.29) is 12.1 Å². The number of ether oxygens (including phenoxy) is 1. The van der Waals surface area contributed by atoms with Gasteiger partial charge in [-0.15, -0.1) is 0 Å². The first-order chi connectivity index (χ1) is 15.7. The topological polar surface area (TPSA) is 76.4 Å². The predicted molar refractivity (Wildman–Crippen MR) is 128 cm³/mol. The zero-order valence-electron chi connectivity index (χ0n) is 20.1. The quantitative estimate of drug-likeness (QED) is 0.589. The van der Waals surface area contributed by atoms with E-state index in [1.165, 1.54) is 18.4 Å². The summed E-state index contributed by atoms with van der Waals surface area (Å²) in [5.74, 6) is 1.51. The van der Waals surface area contributed by atoms with Crippen molar-refractivity contribution in [1.82, 2.24) is 24.4 Å². The zero-order valence-corrected chi connectivity index (χ0v) is 20.1. The third kappa shape index (κ3) is 4.26. The molecule has 8 heteroatoms. The van der Waals surface area contributed by atoms with Crippen LogP contribution in [0.5, 0.6) is 0 Å². The van der Waals surface area contributed by atoms with Crippen LogP contribution < -0.4 is 4.90 Å². The molecular formula is C25H32N6O2. The van der Waals surface area contributed by atoms with Crippen LogP contribution in [0.1, 0.15) is 57.6 Å². The first-order valence-corrected chi connectivity index (χ1v) is 11.7. The highest BCUT2D eigenvalue weighted by molar-refractivity contribution is 5.93. The number of amides is 1. The first kappa shape index (κ1) is 21.7. The Balaban J connectivity index is 1.49. The van der Waals surface area contributed by atoms with Crippen LogP contribution in [0.2, 0.25) is 0 Å². The van der Waals surface area contributed by atoms with Crippen molar-refractivity contribution in [3.05, 3.63) is 42.1 Å². The van der Waals surface area contributed by atoms with Crippen molar-refractivity contribution in [3.63, 3.8) is 0 Å². The molecule has 1 aliphatic heterocycles. The van der Waals surface area contributed by atoms with E-state index in [2.05, 4.69) is 45.5 Å². The summed E-state index contributed by atoms with van der Waals surface area (Å²) < 4.78 is 7.76. The number of pyridine rings is 1. The molecule has 5 rings (SSSR count). The van der Waals surface area contributed by atoms with Crippen LogP contribution in [0.25, 0.3) is 16.7 Å². The van der Waals surface area contributed by atoms with Gasteiger partial charge in [0.25, 0.3) is 0 Å². The molecule has 2 fully saturated rings. The van der Waals surface area contributed by atoms with Gasteiger partial charge in [0.15, 0.2) is 0 Å². The summed E-state index contributed by atoms with van der Waals surface area (Å²) in [5, 5.41) is 1.12. The van der Waals surface area contributed by atoms with Crippen molar-refractivity contribution in [2.75, 3.05) is 24.5 Å². The Labute approximate surface area is 194 Å². The lowest BCUT2D eigenvalue weighted by molar-refractivity contribution is 0.0159. The second-order valence-electron chi connectivity index (χ2n) is 10.3. The molecule has 0 N–H and O–H groups in total. The molecule has 0 spiro atoms. The second-order valence-corrected chi connectivity index (χ2v) is 10.3. The molecule has 1 amide bonds. The number of piperazine rings is 1. The highest BCUT2D eigenvalue weighted by atomic mass is 16.6. The molecular weight excluding hydrogens is 416 g/mol. The Morgan fingerprint density at radius 3 is 2.61 bits per heavy atom. The van der Waals surface area contributed by atoms with Crippen molar-refractivity contribution in [2.45, 2.75) is 65.0 Å². The number of carbonyl (C=O) groups excluding carboxylic acids is 1. The monoisotopic (exact) mass is 448 g/mol. The van der Waals surface area contributed by atoms with E-state index < -0.39 is 5.60 Å². The average molecular weight is 449 g/mol. The summed E-state index contributed by atoms with van der Waals surface area (Å²) in [5.41, 5.74) is 3.85. The van der Waals surface area contributed by atoms with Gasteiger partial charge < -0.3 is 14.5 Å². The fourth-order valence-electron chi connectivity index (χ4n) is 4.63. The standard InChI is InChI=1S/C25H32N6O2/c1-16-10-19(12-26-11-16)31-14-20(18-6-7-18)21-22(27-15-28-23(21)31)29-8-9-30(17(2)13-29)24(32)33-25(3,4)5/h10-12,14-15,17-18H,6-9,13H2,1-5H3/t17-/m0/s1. The van der Waals surface area contributed by atoms with Gasteiger partial charge in [-0.2, -0.15) is 0 Å². The Hall–Kier alpha value is -3.16. The molecule has 0 aromatic carbocycles. The SMILES string of the molecule is Cc1cncc(-n2cc(C3CC3)c3c(N4CCN(C(=O)OC(C)(C)C)[C@@H](C)C4)ncnc32)c1. The Morgan fingerprint density at radius 2 is 1.94 bits per heavy atom. The predicted octanol–water partition coefficient (Wildman–Crippen LogP) is 4.45. The van der Waals surface area contributed by atoms with E-state index in [9.17, 15) is 4.79 Å². The lowest BCUT2D eigenvalue weighted by atomic mass is 10.1. The molecule has 1 saturated carbocycles. The molecule has 2 aliphatic rings. The number of anilines is 1. The number of fused-ring (bicyclic) bond motifs is 1. The number of nitrogens with zero attached hydrogens (tertiary/aromatic N) is 6. The molecule has 174 valence electrons. The fraction of sp³-hybridized carbons (Fsp3) is 0.520. The number of hydrogen-bond donors (Lipinski definition) is 0. The summed E-state index contributed by atoms with van der Waals surface area (Å²) in [4.78, 5) is 30.6. The van der Waals surface area contributed by atoms with Gasteiger partial charge in [-0.05, 0) is 70.6 Å². The minimum Gasteiger partial charge on any atom is -0.444 e. The van der Waals surface area contributed by atoms with Gasteiger partial charge >= 0.3 is 6.09 Å².